The maximum atomic E-state index is 6.47. The zero-order valence-corrected chi connectivity index (χ0v) is 19.7. The molecular weight excluding hydrogens is 416 g/mol. The summed E-state index contributed by atoms with van der Waals surface area (Å²) in [4.78, 5) is 11.8. The third-order valence-electron chi connectivity index (χ3n) is 7.05. The lowest BCUT2D eigenvalue weighted by Gasteiger charge is -2.35. The van der Waals surface area contributed by atoms with Gasteiger partial charge in [-0.05, 0) is 99.1 Å². The van der Waals surface area contributed by atoms with Crippen LogP contribution in [0, 0.1) is 12.8 Å². The average Bonchev–Trinajstić information content (AvgIpc) is 3.15. The standard InChI is InChI=1S/C27H31ClN4/c1-19-17-32(18-30-19)12-4-5-21-15-22-16-23(28)7-8-24(22)26(20-9-13-31(2)14-10-20)27-25(21)6-3-11-29-27/h3,6-8,11,15-18,20,26H,4-5,9-10,12-14H2,1-2H3. The van der Waals surface area contributed by atoms with Crippen LogP contribution in [0.5, 0.6) is 0 Å². The van der Waals surface area contributed by atoms with Crippen molar-refractivity contribution in [3.8, 4) is 0 Å². The van der Waals surface area contributed by atoms with Crippen molar-refractivity contribution in [3.63, 3.8) is 0 Å². The van der Waals surface area contributed by atoms with Gasteiger partial charge in [0.05, 0.1) is 17.7 Å². The fourth-order valence-electron chi connectivity index (χ4n) is 5.40. The molecule has 2 aromatic heterocycles. The molecule has 4 nitrogen and oxygen atoms in total. The highest BCUT2D eigenvalue weighted by Gasteiger charge is 2.33. The summed E-state index contributed by atoms with van der Waals surface area (Å²) in [6.45, 7) is 5.30. The number of nitrogens with zero attached hydrogens (tertiary/aromatic N) is 4. The Kier molecular flexibility index (Phi) is 6.16. The SMILES string of the molecule is Cc1cn(CCCC2=Cc3cc(Cl)ccc3C(C3CCN(C)CC3)c3ncccc32)cn1. The molecule has 0 amide bonds. The summed E-state index contributed by atoms with van der Waals surface area (Å²) >= 11 is 6.47. The van der Waals surface area contributed by atoms with Crippen molar-refractivity contribution in [2.75, 3.05) is 20.1 Å². The molecule has 1 aromatic carbocycles. The van der Waals surface area contributed by atoms with Gasteiger partial charge < -0.3 is 9.47 Å². The molecule has 0 N–H and O–H groups in total. The van der Waals surface area contributed by atoms with Crippen LogP contribution in [0.4, 0.5) is 0 Å². The Balaban J connectivity index is 1.51. The van der Waals surface area contributed by atoms with E-state index in [1.54, 1.807) is 0 Å². The highest BCUT2D eigenvalue weighted by molar-refractivity contribution is 6.30. The second-order valence-electron chi connectivity index (χ2n) is 9.35. The number of aromatic nitrogens is 3. The van der Waals surface area contributed by atoms with Crippen molar-refractivity contribution >= 4 is 23.3 Å². The van der Waals surface area contributed by atoms with Gasteiger partial charge >= 0.3 is 0 Å². The first-order chi connectivity index (χ1) is 15.6. The van der Waals surface area contributed by atoms with Crippen molar-refractivity contribution in [3.05, 3.63) is 82.2 Å². The van der Waals surface area contributed by atoms with E-state index >= 15 is 0 Å². The molecule has 2 aliphatic rings. The minimum Gasteiger partial charge on any atom is -0.337 e. The molecule has 1 aliphatic carbocycles. The summed E-state index contributed by atoms with van der Waals surface area (Å²) in [5.74, 6) is 0.915. The molecule has 3 aromatic rings. The number of halogens is 1. The van der Waals surface area contributed by atoms with Gasteiger partial charge in [-0.3, -0.25) is 4.98 Å². The molecule has 0 spiro atoms. The van der Waals surface area contributed by atoms with Crippen LogP contribution < -0.4 is 0 Å². The van der Waals surface area contributed by atoms with E-state index in [4.69, 9.17) is 16.6 Å². The van der Waals surface area contributed by atoms with Gasteiger partial charge in [0.15, 0.2) is 0 Å². The van der Waals surface area contributed by atoms with Gasteiger partial charge in [-0.2, -0.15) is 0 Å². The Morgan fingerprint density at radius 2 is 1.97 bits per heavy atom. The Morgan fingerprint density at radius 3 is 2.75 bits per heavy atom. The van der Waals surface area contributed by atoms with Crippen LogP contribution in [0.15, 0.2) is 49.1 Å². The lowest BCUT2D eigenvalue weighted by atomic mass is 9.76. The quantitative estimate of drug-likeness (QED) is 0.478. The van der Waals surface area contributed by atoms with Crippen molar-refractivity contribution in [1.82, 2.24) is 19.4 Å². The van der Waals surface area contributed by atoms with E-state index in [1.807, 2.05) is 25.5 Å². The molecule has 5 heteroatoms. The third kappa shape index (κ3) is 4.39. The summed E-state index contributed by atoms with van der Waals surface area (Å²) in [5.41, 5.74) is 7.62. The third-order valence-corrected chi connectivity index (χ3v) is 7.29. The fourth-order valence-corrected chi connectivity index (χ4v) is 5.58. The molecule has 3 heterocycles. The zero-order chi connectivity index (χ0) is 22.1. The van der Waals surface area contributed by atoms with Crippen molar-refractivity contribution in [1.29, 1.82) is 0 Å². The Morgan fingerprint density at radius 1 is 1.12 bits per heavy atom. The first-order valence-corrected chi connectivity index (χ1v) is 12.1. The number of likely N-dealkylation sites (tertiary alicyclic amines) is 1. The lowest BCUT2D eigenvalue weighted by molar-refractivity contribution is 0.206. The maximum absolute atomic E-state index is 6.47. The van der Waals surface area contributed by atoms with Crippen LogP contribution in [-0.4, -0.2) is 39.6 Å². The van der Waals surface area contributed by atoms with E-state index in [2.05, 4.69) is 58.0 Å². The predicted molar refractivity (Wildman–Crippen MR) is 132 cm³/mol. The molecule has 1 saturated heterocycles. The maximum Gasteiger partial charge on any atom is 0.0949 e. The van der Waals surface area contributed by atoms with Gasteiger partial charge in [0, 0.05) is 29.9 Å². The second kappa shape index (κ2) is 9.21. The van der Waals surface area contributed by atoms with Gasteiger partial charge in [-0.1, -0.05) is 29.8 Å². The van der Waals surface area contributed by atoms with Crippen molar-refractivity contribution in [2.24, 2.45) is 5.92 Å². The average molecular weight is 447 g/mol. The van der Waals surface area contributed by atoms with Crippen LogP contribution in [0.25, 0.3) is 11.6 Å². The number of piperidine rings is 1. The van der Waals surface area contributed by atoms with Gasteiger partial charge in [0.25, 0.3) is 0 Å². The van der Waals surface area contributed by atoms with Crippen LogP contribution in [-0.2, 0) is 6.54 Å². The normalized spacial score (nSPS) is 19.2. The smallest absolute Gasteiger partial charge is 0.0949 e. The van der Waals surface area contributed by atoms with Gasteiger partial charge in [-0.25, -0.2) is 4.98 Å². The van der Waals surface area contributed by atoms with Crippen LogP contribution >= 0.6 is 11.6 Å². The van der Waals surface area contributed by atoms with E-state index < -0.39 is 0 Å². The summed E-state index contributed by atoms with van der Waals surface area (Å²) < 4.78 is 2.18. The van der Waals surface area contributed by atoms with E-state index in [0.29, 0.717) is 11.8 Å². The number of fused-ring (bicyclic) bond motifs is 2. The molecule has 1 fully saturated rings. The van der Waals surface area contributed by atoms with Gasteiger partial charge in [0.2, 0.25) is 0 Å². The van der Waals surface area contributed by atoms with Gasteiger partial charge in [-0.15, -0.1) is 0 Å². The van der Waals surface area contributed by atoms with Crippen molar-refractivity contribution < 1.29 is 0 Å². The fraction of sp³-hybridized carbons (Fsp3) is 0.407. The van der Waals surface area contributed by atoms with E-state index in [1.165, 1.54) is 40.8 Å². The Labute approximate surface area is 196 Å². The van der Waals surface area contributed by atoms with Crippen LogP contribution in [0.2, 0.25) is 5.02 Å². The number of hydrogen-bond acceptors (Lipinski definition) is 3. The minimum absolute atomic E-state index is 0.317. The number of rotatable bonds is 5. The molecule has 1 unspecified atom stereocenters. The van der Waals surface area contributed by atoms with Crippen LogP contribution in [0.1, 0.15) is 59.7 Å². The van der Waals surface area contributed by atoms with E-state index in [9.17, 15) is 0 Å². The number of allylic oxidation sites excluding steroid dienone is 1. The first-order valence-electron chi connectivity index (χ1n) is 11.7. The topological polar surface area (TPSA) is 34.0 Å². The molecule has 1 aliphatic heterocycles. The number of benzene rings is 1. The monoisotopic (exact) mass is 446 g/mol. The molecule has 0 bridgehead atoms. The van der Waals surface area contributed by atoms with E-state index in [-0.39, 0.29) is 0 Å². The first kappa shape index (κ1) is 21.4. The van der Waals surface area contributed by atoms with Crippen LogP contribution in [0.3, 0.4) is 0 Å². The molecule has 0 radical (unpaired) electrons. The summed E-state index contributed by atoms with van der Waals surface area (Å²) in [5, 5.41) is 0.800. The summed E-state index contributed by atoms with van der Waals surface area (Å²) in [7, 11) is 2.23. The van der Waals surface area contributed by atoms with Crippen molar-refractivity contribution in [2.45, 2.75) is 45.1 Å². The molecular formula is C27H31ClN4. The molecule has 166 valence electrons. The minimum atomic E-state index is 0.317. The number of pyridine rings is 1. The number of aryl methyl sites for hydroxylation is 2. The predicted octanol–water partition coefficient (Wildman–Crippen LogP) is 6.05. The van der Waals surface area contributed by atoms with Gasteiger partial charge in [0.1, 0.15) is 0 Å². The molecule has 32 heavy (non-hydrogen) atoms. The largest absolute Gasteiger partial charge is 0.337 e. The Hall–Kier alpha value is -2.43. The highest BCUT2D eigenvalue weighted by Crippen LogP contribution is 2.45. The van der Waals surface area contributed by atoms with E-state index in [0.717, 1.165) is 43.2 Å². The molecule has 0 saturated carbocycles. The Bertz CT molecular complexity index is 1120. The summed E-state index contributed by atoms with van der Waals surface area (Å²) in [6, 6.07) is 10.8. The molecule has 5 rings (SSSR count). The summed E-state index contributed by atoms with van der Waals surface area (Å²) in [6.07, 6.45) is 12.8. The zero-order valence-electron chi connectivity index (χ0n) is 19.0. The second-order valence-corrected chi connectivity index (χ2v) is 9.79. The highest BCUT2D eigenvalue weighted by atomic mass is 35.5. The lowest BCUT2D eigenvalue weighted by Crippen LogP contribution is -2.33. The number of hydrogen-bond donors (Lipinski definition) is 0. The number of imidazole rings is 1. The molecule has 1 atom stereocenters.